The van der Waals surface area contributed by atoms with Gasteiger partial charge in [-0.15, -0.1) is 0 Å². The first-order chi connectivity index (χ1) is 13.5. The van der Waals surface area contributed by atoms with E-state index in [1.54, 1.807) is 23.1 Å². The third-order valence-electron chi connectivity index (χ3n) is 4.86. The molecule has 1 amide bonds. The number of amides is 1. The number of nitrogen functional groups attached to an aromatic ring is 1. The molecule has 2 heterocycles. The minimum absolute atomic E-state index is 0.0306. The van der Waals surface area contributed by atoms with E-state index in [-0.39, 0.29) is 17.3 Å². The van der Waals surface area contributed by atoms with Crippen molar-refractivity contribution < 1.29 is 9.18 Å². The molecular formula is C20H21FN6O. The van der Waals surface area contributed by atoms with Gasteiger partial charge in [0.1, 0.15) is 35.4 Å². The molecule has 2 aromatic rings. The highest BCUT2D eigenvalue weighted by Crippen LogP contribution is 2.31. The van der Waals surface area contributed by atoms with Gasteiger partial charge >= 0.3 is 0 Å². The van der Waals surface area contributed by atoms with Gasteiger partial charge in [0.15, 0.2) is 0 Å². The van der Waals surface area contributed by atoms with E-state index in [0.717, 1.165) is 18.4 Å². The lowest BCUT2D eigenvalue weighted by Crippen LogP contribution is -2.40. The van der Waals surface area contributed by atoms with Crippen molar-refractivity contribution in [3.05, 3.63) is 48.6 Å². The molecule has 1 saturated heterocycles. The van der Waals surface area contributed by atoms with Crippen LogP contribution < -0.4 is 11.1 Å². The number of hydrogen-bond donors (Lipinski definition) is 2. The van der Waals surface area contributed by atoms with Crippen LogP contribution in [0.4, 0.5) is 16.0 Å². The second-order valence-electron chi connectivity index (χ2n) is 6.70. The number of halogens is 1. The summed E-state index contributed by atoms with van der Waals surface area (Å²) in [5.41, 5.74) is 7.37. The Balaban J connectivity index is 1.64. The Labute approximate surface area is 162 Å². The van der Waals surface area contributed by atoms with E-state index < -0.39 is 0 Å². The standard InChI is InChI=1S/C20H21FN6O/c1-13(10-22)20(28)27-8-6-14(7-9-27)11-24-19-17(18(23)25-12-26-19)15-2-4-16(21)5-3-15/h2-5,12,14H,1,6-9,11H2,(H3,23,24,25,26). The molecule has 1 aliphatic heterocycles. The topological polar surface area (TPSA) is 108 Å². The molecule has 0 radical (unpaired) electrons. The number of nitrogens with one attached hydrogen (secondary N) is 1. The Hall–Kier alpha value is -3.47. The number of likely N-dealkylation sites (tertiary alicyclic amines) is 1. The van der Waals surface area contributed by atoms with Gasteiger partial charge in [-0.2, -0.15) is 5.26 Å². The van der Waals surface area contributed by atoms with Crippen molar-refractivity contribution in [1.29, 1.82) is 5.26 Å². The van der Waals surface area contributed by atoms with Crippen molar-refractivity contribution in [3.8, 4) is 17.2 Å². The third kappa shape index (κ3) is 4.26. The van der Waals surface area contributed by atoms with E-state index in [0.29, 0.717) is 42.8 Å². The Morgan fingerprint density at radius 2 is 2.00 bits per heavy atom. The van der Waals surface area contributed by atoms with Crippen molar-refractivity contribution in [2.24, 2.45) is 5.92 Å². The molecular weight excluding hydrogens is 359 g/mol. The van der Waals surface area contributed by atoms with Crippen molar-refractivity contribution >= 4 is 17.5 Å². The van der Waals surface area contributed by atoms with Gasteiger partial charge in [-0.25, -0.2) is 14.4 Å². The van der Waals surface area contributed by atoms with E-state index >= 15 is 0 Å². The van der Waals surface area contributed by atoms with Gasteiger partial charge in [0, 0.05) is 19.6 Å². The Morgan fingerprint density at radius 1 is 1.32 bits per heavy atom. The first-order valence-electron chi connectivity index (χ1n) is 8.98. The van der Waals surface area contributed by atoms with E-state index in [1.807, 2.05) is 0 Å². The predicted octanol–water partition coefficient (Wildman–Crippen LogP) is 2.60. The predicted molar refractivity (Wildman–Crippen MR) is 104 cm³/mol. The normalized spacial score (nSPS) is 14.4. The number of rotatable bonds is 5. The van der Waals surface area contributed by atoms with Gasteiger partial charge in [-0.05, 0) is 36.5 Å². The zero-order valence-corrected chi connectivity index (χ0v) is 15.4. The Kier molecular flexibility index (Phi) is 5.84. The average Bonchev–Trinajstić information content (AvgIpc) is 2.72. The lowest BCUT2D eigenvalue weighted by Gasteiger charge is -2.32. The second-order valence-corrected chi connectivity index (χ2v) is 6.70. The summed E-state index contributed by atoms with van der Waals surface area (Å²) in [7, 11) is 0. The lowest BCUT2D eigenvalue weighted by atomic mass is 9.96. The maximum absolute atomic E-state index is 13.2. The molecule has 7 nitrogen and oxygen atoms in total. The minimum atomic E-state index is -0.325. The summed E-state index contributed by atoms with van der Waals surface area (Å²) < 4.78 is 13.2. The zero-order chi connectivity index (χ0) is 20.1. The summed E-state index contributed by atoms with van der Waals surface area (Å²) in [6.45, 7) is 5.31. The number of nitrogens with zero attached hydrogens (tertiary/aromatic N) is 4. The first-order valence-corrected chi connectivity index (χ1v) is 8.98. The maximum Gasteiger partial charge on any atom is 0.263 e. The summed E-state index contributed by atoms with van der Waals surface area (Å²) in [6.07, 6.45) is 3.01. The van der Waals surface area contributed by atoms with Crippen LogP contribution in [0.25, 0.3) is 11.1 Å². The molecule has 3 rings (SSSR count). The van der Waals surface area contributed by atoms with Crippen LogP contribution in [0.15, 0.2) is 42.7 Å². The van der Waals surface area contributed by atoms with E-state index in [2.05, 4.69) is 21.9 Å². The van der Waals surface area contributed by atoms with Gasteiger partial charge < -0.3 is 16.0 Å². The third-order valence-corrected chi connectivity index (χ3v) is 4.86. The zero-order valence-electron chi connectivity index (χ0n) is 15.4. The number of piperidine rings is 1. The quantitative estimate of drug-likeness (QED) is 0.610. The summed E-state index contributed by atoms with van der Waals surface area (Å²) in [5, 5.41) is 12.1. The maximum atomic E-state index is 13.2. The van der Waals surface area contributed by atoms with Crippen LogP contribution in [0, 0.1) is 23.1 Å². The Bertz CT molecular complexity index is 913. The molecule has 144 valence electrons. The molecule has 0 spiro atoms. The number of hydrogen-bond acceptors (Lipinski definition) is 6. The summed E-state index contributed by atoms with van der Waals surface area (Å²) in [4.78, 5) is 22.0. The van der Waals surface area contributed by atoms with Crippen molar-refractivity contribution in [3.63, 3.8) is 0 Å². The highest BCUT2D eigenvalue weighted by molar-refractivity contribution is 5.96. The second kappa shape index (κ2) is 8.48. The van der Waals surface area contributed by atoms with Crippen LogP contribution in [-0.4, -0.2) is 40.4 Å². The molecule has 1 aromatic carbocycles. The molecule has 8 heteroatoms. The van der Waals surface area contributed by atoms with Crippen molar-refractivity contribution in [1.82, 2.24) is 14.9 Å². The van der Waals surface area contributed by atoms with Crippen molar-refractivity contribution in [2.75, 3.05) is 30.7 Å². The van der Waals surface area contributed by atoms with E-state index in [9.17, 15) is 9.18 Å². The molecule has 0 saturated carbocycles. The van der Waals surface area contributed by atoms with Crippen LogP contribution in [0.2, 0.25) is 0 Å². The van der Waals surface area contributed by atoms with Crippen LogP contribution in [0.3, 0.4) is 0 Å². The van der Waals surface area contributed by atoms with Gasteiger partial charge in [-0.1, -0.05) is 18.7 Å². The fourth-order valence-corrected chi connectivity index (χ4v) is 3.25. The minimum Gasteiger partial charge on any atom is -0.383 e. The Morgan fingerprint density at radius 3 is 2.64 bits per heavy atom. The van der Waals surface area contributed by atoms with Gasteiger partial charge in [0.25, 0.3) is 5.91 Å². The SMILES string of the molecule is C=C(C#N)C(=O)N1CCC(CNc2ncnc(N)c2-c2ccc(F)cc2)CC1. The molecule has 0 aliphatic carbocycles. The molecule has 1 aromatic heterocycles. The largest absolute Gasteiger partial charge is 0.383 e. The number of benzene rings is 1. The van der Waals surface area contributed by atoms with Crippen LogP contribution in [0.1, 0.15) is 12.8 Å². The smallest absolute Gasteiger partial charge is 0.263 e. The fourth-order valence-electron chi connectivity index (χ4n) is 3.25. The van der Waals surface area contributed by atoms with Crippen LogP contribution in [-0.2, 0) is 4.79 Å². The van der Waals surface area contributed by atoms with Crippen molar-refractivity contribution in [2.45, 2.75) is 12.8 Å². The average molecular weight is 380 g/mol. The molecule has 0 unspecified atom stereocenters. The molecule has 0 atom stereocenters. The van der Waals surface area contributed by atoms with Gasteiger partial charge in [-0.3, -0.25) is 4.79 Å². The molecule has 0 bridgehead atoms. The highest BCUT2D eigenvalue weighted by Gasteiger charge is 2.24. The summed E-state index contributed by atoms with van der Waals surface area (Å²) >= 11 is 0. The van der Waals surface area contributed by atoms with Gasteiger partial charge in [0.05, 0.1) is 5.56 Å². The fraction of sp³-hybridized carbons (Fsp3) is 0.300. The number of aromatic nitrogens is 2. The summed E-state index contributed by atoms with van der Waals surface area (Å²) in [6, 6.07) is 7.82. The highest BCUT2D eigenvalue weighted by atomic mass is 19.1. The monoisotopic (exact) mass is 380 g/mol. The van der Waals surface area contributed by atoms with E-state index in [1.165, 1.54) is 18.5 Å². The molecule has 1 fully saturated rings. The number of nitrogens with two attached hydrogens (primary N) is 1. The molecule has 1 aliphatic rings. The number of nitriles is 1. The van der Waals surface area contributed by atoms with Gasteiger partial charge in [0.2, 0.25) is 0 Å². The number of carbonyl (C=O) groups excluding carboxylic acids is 1. The first kappa shape index (κ1) is 19.3. The molecule has 28 heavy (non-hydrogen) atoms. The van der Waals surface area contributed by atoms with E-state index in [4.69, 9.17) is 11.0 Å². The lowest BCUT2D eigenvalue weighted by molar-refractivity contribution is -0.127. The number of carbonyl (C=O) groups is 1. The van der Waals surface area contributed by atoms with Crippen LogP contribution >= 0.6 is 0 Å². The summed E-state index contributed by atoms with van der Waals surface area (Å²) in [5.74, 6) is 0.636. The molecule has 3 N–H and O–H groups in total. The van der Waals surface area contributed by atoms with Crippen LogP contribution in [0.5, 0.6) is 0 Å². The number of anilines is 2.